The van der Waals surface area contributed by atoms with E-state index in [9.17, 15) is 13.2 Å². The number of aliphatic hydroxyl groups is 1. The van der Waals surface area contributed by atoms with Crippen molar-refractivity contribution in [2.24, 2.45) is 10.9 Å². The van der Waals surface area contributed by atoms with E-state index in [0.29, 0.717) is 37.1 Å². The molecule has 0 spiro atoms. The summed E-state index contributed by atoms with van der Waals surface area (Å²) in [5.41, 5.74) is 0.0577. The Morgan fingerprint density at radius 1 is 1.12 bits per heavy atom. The first-order chi connectivity index (χ1) is 11.9. The van der Waals surface area contributed by atoms with Crippen molar-refractivity contribution >= 4 is 5.96 Å². The zero-order valence-electron chi connectivity index (χ0n) is 14.9. The van der Waals surface area contributed by atoms with E-state index in [0.717, 1.165) is 31.4 Å². The summed E-state index contributed by atoms with van der Waals surface area (Å²) in [4.78, 5) is 4.42. The van der Waals surface area contributed by atoms with Crippen molar-refractivity contribution in [3.63, 3.8) is 0 Å². The molecule has 0 aliphatic heterocycles. The molecule has 0 fully saturated rings. The molecule has 1 aromatic rings. The van der Waals surface area contributed by atoms with Crippen LogP contribution in [0.15, 0.2) is 29.3 Å². The summed E-state index contributed by atoms with van der Waals surface area (Å²) in [5.74, 6) is 0.992. The molecular weight excluding hydrogens is 331 g/mol. The minimum atomic E-state index is -4.32. The average molecular weight is 359 g/mol. The van der Waals surface area contributed by atoms with Crippen molar-refractivity contribution < 1.29 is 18.3 Å². The summed E-state index contributed by atoms with van der Waals surface area (Å²) in [6.07, 6.45) is -1.52. The molecule has 25 heavy (non-hydrogen) atoms. The molecule has 0 aromatic heterocycles. The van der Waals surface area contributed by atoms with Gasteiger partial charge in [0.25, 0.3) is 0 Å². The summed E-state index contributed by atoms with van der Waals surface area (Å²) in [5, 5.41) is 15.5. The number of hydrogen-bond acceptors (Lipinski definition) is 2. The molecule has 0 saturated heterocycles. The fourth-order valence-electron chi connectivity index (χ4n) is 2.49. The Morgan fingerprint density at radius 2 is 1.80 bits per heavy atom. The third-order valence-electron chi connectivity index (χ3n) is 3.84. The van der Waals surface area contributed by atoms with Crippen LogP contribution in [0.25, 0.3) is 0 Å². The molecule has 1 unspecified atom stereocenters. The molecule has 7 heteroatoms. The first kappa shape index (κ1) is 21.3. The van der Waals surface area contributed by atoms with E-state index in [1.807, 2.05) is 6.92 Å². The van der Waals surface area contributed by atoms with Gasteiger partial charge in [-0.1, -0.05) is 25.5 Å². The van der Waals surface area contributed by atoms with Crippen molar-refractivity contribution in [2.45, 2.75) is 45.8 Å². The lowest BCUT2D eigenvalue weighted by atomic mass is 10.0. The summed E-state index contributed by atoms with van der Waals surface area (Å²) < 4.78 is 37.7. The van der Waals surface area contributed by atoms with Crippen molar-refractivity contribution in [2.75, 3.05) is 19.7 Å². The lowest BCUT2D eigenvalue weighted by Crippen LogP contribution is -2.40. The van der Waals surface area contributed by atoms with Gasteiger partial charge in [-0.3, -0.25) is 0 Å². The van der Waals surface area contributed by atoms with Gasteiger partial charge in [0.2, 0.25) is 0 Å². The van der Waals surface area contributed by atoms with Gasteiger partial charge in [-0.05, 0) is 43.4 Å². The fraction of sp³-hybridized carbons (Fsp3) is 0.611. The third-order valence-corrected chi connectivity index (χ3v) is 3.84. The average Bonchev–Trinajstić information content (AvgIpc) is 2.57. The Balaban J connectivity index is 2.65. The van der Waals surface area contributed by atoms with Crippen molar-refractivity contribution in [1.82, 2.24) is 10.6 Å². The number of benzene rings is 1. The maximum absolute atomic E-state index is 12.6. The Kier molecular flexibility index (Phi) is 9.34. The monoisotopic (exact) mass is 359 g/mol. The van der Waals surface area contributed by atoms with E-state index in [-0.39, 0.29) is 6.61 Å². The fourth-order valence-corrected chi connectivity index (χ4v) is 2.49. The van der Waals surface area contributed by atoms with Gasteiger partial charge in [0.05, 0.1) is 12.1 Å². The lowest BCUT2D eigenvalue weighted by molar-refractivity contribution is -0.137. The number of hydrogen-bond donors (Lipinski definition) is 3. The molecule has 1 atom stereocenters. The Morgan fingerprint density at radius 3 is 2.32 bits per heavy atom. The Labute approximate surface area is 147 Å². The highest BCUT2D eigenvalue weighted by Crippen LogP contribution is 2.29. The van der Waals surface area contributed by atoms with Gasteiger partial charge in [-0.15, -0.1) is 0 Å². The first-order valence-corrected chi connectivity index (χ1v) is 8.69. The van der Waals surface area contributed by atoms with E-state index >= 15 is 0 Å². The summed E-state index contributed by atoms with van der Waals surface area (Å²) >= 11 is 0. The van der Waals surface area contributed by atoms with Gasteiger partial charge in [-0.25, -0.2) is 4.99 Å². The van der Waals surface area contributed by atoms with Crippen LogP contribution < -0.4 is 10.6 Å². The first-order valence-electron chi connectivity index (χ1n) is 8.69. The number of aliphatic hydroxyl groups excluding tert-OH is 1. The molecule has 0 amide bonds. The highest BCUT2D eigenvalue weighted by atomic mass is 19.4. The minimum Gasteiger partial charge on any atom is -0.396 e. The van der Waals surface area contributed by atoms with Crippen LogP contribution in [0.2, 0.25) is 0 Å². The number of guanidine groups is 1. The van der Waals surface area contributed by atoms with Crippen LogP contribution in [0.3, 0.4) is 0 Å². The summed E-state index contributed by atoms with van der Waals surface area (Å²) in [6.45, 7) is 5.91. The second-order valence-electron chi connectivity index (χ2n) is 5.94. The molecule has 0 aliphatic rings. The molecule has 0 saturated carbocycles. The van der Waals surface area contributed by atoms with Gasteiger partial charge in [0, 0.05) is 19.7 Å². The van der Waals surface area contributed by atoms with Crippen LogP contribution in [0.5, 0.6) is 0 Å². The van der Waals surface area contributed by atoms with E-state index in [4.69, 9.17) is 5.11 Å². The maximum Gasteiger partial charge on any atom is 0.416 e. The predicted octanol–water partition coefficient (Wildman–Crippen LogP) is 3.56. The van der Waals surface area contributed by atoms with E-state index < -0.39 is 11.7 Å². The van der Waals surface area contributed by atoms with Crippen molar-refractivity contribution in [1.29, 1.82) is 0 Å². The molecule has 0 radical (unpaired) electrons. The molecule has 142 valence electrons. The molecule has 0 bridgehead atoms. The molecule has 0 aliphatic carbocycles. The number of nitrogens with one attached hydrogen (secondary N) is 2. The molecule has 3 N–H and O–H groups in total. The molecule has 0 heterocycles. The highest BCUT2D eigenvalue weighted by Gasteiger charge is 2.29. The zero-order chi connectivity index (χ0) is 18.7. The Hall–Kier alpha value is -1.76. The van der Waals surface area contributed by atoms with E-state index in [1.54, 1.807) is 0 Å². The molecular formula is C18H28F3N3O. The lowest BCUT2D eigenvalue weighted by Gasteiger charge is -2.18. The van der Waals surface area contributed by atoms with Crippen LogP contribution in [0, 0.1) is 5.92 Å². The normalized spacial score (nSPS) is 13.6. The van der Waals surface area contributed by atoms with Crippen LogP contribution in [0.4, 0.5) is 13.2 Å². The van der Waals surface area contributed by atoms with Gasteiger partial charge < -0.3 is 15.7 Å². The van der Waals surface area contributed by atoms with E-state index in [2.05, 4.69) is 22.5 Å². The summed E-state index contributed by atoms with van der Waals surface area (Å²) in [6, 6.07) is 5.04. The SMILES string of the molecule is CCCC(CCO)CNC(=NCc1ccc(C(F)(F)F)cc1)NCC. The molecule has 1 rings (SSSR count). The number of halogens is 3. The van der Waals surface area contributed by atoms with Gasteiger partial charge >= 0.3 is 6.18 Å². The predicted molar refractivity (Wildman–Crippen MR) is 94.4 cm³/mol. The van der Waals surface area contributed by atoms with Crippen molar-refractivity contribution in [3.8, 4) is 0 Å². The number of alkyl halides is 3. The number of rotatable bonds is 9. The second kappa shape index (κ2) is 11.0. The van der Waals surface area contributed by atoms with Crippen LogP contribution in [0.1, 0.15) is 44.2 Å². The topological polar surface area (TPSA) is 56.6 Å². The number of nitrogens with zero attached hydrogens (tertiary/aromatic N) is 1. The third kappa shape index (κ3) is 8.25. The van der Waals surface area contributed by atoms with E-state index in [1.165, 1.54) is 12.1 Å². The quantitative estimate of drug-likeness (QED) is 0.467. The van der Waals surface area contributed by atoms with Crippen molar-refractivity contribution in [3.05, 3.63) is 35.4 Å². The van der Waals surface area contributed by atoms with Gasteiger partial charge in [-0.2, -0.15) is 13.2 Å². The Bertz CT molecular complexity index is 509. The van der Waals surface area contributed by atoms with Gasteiger partial charge in [0.15, 0.2) is 5.96 Å². The summed E-state index contributed by atoms with van der Waals surface area (Å²) in [7, 11) is 0. The highest BCUT2D eigenvalue weighted by molar-refractivity contribution is 5.79. The minimum absolute atomic E-state index is 0.158. The van der Waals surface area contributed by atoms with Crippen LogP contribution in [-0.4, -0.2) is 30.8 Å². The van der Waals surface area contributed by atoms with Crippen LogP contribution in [-0.2, 0) is 12.7 Å². The van der Waals surface area contributed by atoms with Gasteiger partial charge in [0.1, 0.15) is 0 Å². The zero-order valence-corrected chi connectivity index (χ0v) is 14.9. The molecule has 4 nitrogen and oxygen atoms in total. The largest absolute Gasteiger partial charge is 0.416 e. The second-order valence-corrected chi connectivity index (χ2v) is 5.94. The smallest absolute Gasteiger partial charge is 0.396 e. The standard InChI is InChI=1S/C18H28F3N3O/c1-3-5-14(10-11-25)12-23-17(22-4-2)24-13-15-6-8-16(9-7-15)18(19,20)21/h6-9,14,25H,3-5,10-13H2,1-2H3,(H2,22,23,24). The van der Waals surface area contributed by atoms with Crippen LogP contribution >= 0.6 is 0 Å². The number of aliphatic imine (C=N–C) groups is 1. The molecule has 1 aromatic carbocycles. The maximum atomic E-state index is 12.6.